The summed E-state index contributed by atoms with van der Waals surface area (Å²) in [6, 6.07) is 6.84. The molecule has 5 nitrogen and oxygen atoms in total. The van der Waals surface area contributed by atoms with Crippen LogP contribution in [0.3, 0.4) is 0 Å². The minimum absolute atomic E-state index is 0.0628. The molecule has 0 radical (unpaired) electrons. The third kappa shape index (κ3) is 3.01. The van der Waals surface area contributed by atoms with Crippen LogP contribution in [0.4, 0.5) is 27.8 Å². The van der Waals surface area contributed by atoms with Gasteiger partial charge in [0.05, 0.1) is 29.5 Å². The van der Waals surface area contributed by atoms with Gasteiger partial charge < -0.3 is 10.6 Å². The Hall–Kier alpha value is -2.75. The summed E-state index contributed by atoms with van der Waals surface area (Å²) in [5, 5.41) is 5.39. The number of anilines is 1. The minimum Gasteiger partial charge on any atom is -0.360 e. The molecule has 1 unspecified atom stereocenters. The lowest BCUT2D eigenvalue weighted by atomic mass is 9.97. The lowest BCUT2D eigenvalue weighted by molar-refractivity contribution is -0.160. The number of nitrogens with one attached hydrogen (secondary N) is 2. The first-order valence-electron chi connectivity index (χ1n) is 9.56. The molecule has 3 aromatic heterocycles. The highest BCUT2D eigenvalue weighted by Crippen LogP contribution is 2.58. The van der Waals surface area contributed by atoms with Gasteiger partial charge in [-0.2, -0.15) is 13.2 Å². The lowest BCUT2D eigenvalue weighted by Crippen LogP contribution is -2.38. The molecular formula is C20H18F5N5. The molecule has 3 aromatic rings. The molecule has 0 amide bonds. The Morgan fingerprint density at radius 2 is 1.93 bits per heavy atom. The van der Waals surface area contributed by atoms with Gasteiger partial charge in [0.1, 0.15) is 17.5 Å². The summed E-state index contributed by atoms with van der Waals surface area (Å²) < 4.78 is 69.9. The molecule has 2 aliphatic rings. The fraction of sp³-hybridized carbons (Fsp3) is 0.400. The molecule has 1 aliphatic heterocycles. The quantitative estimate of drug-likeness (QED) is 0.623. The predicted molar refractivity (Wildman–Crippen MR) is 101 cm³/mol. The first-order chi connectivity index (χ1) is 14.2. The highest BCUT2D eigenvalue weighted by Gasteiger charge is 2.64. The Kier molecular flexibility index (Phi) is 4.08. The number of aromatic nitrogens is 3. The number of fused-ring (bicyclic) bond motifs is 1. The van der Waals surface area contributed by atoms with Gasteiger partial charge in [-0.05, 0) is 36.6 Å². The first kappa shape index (κ1) is 19.2. The molecule has 5 rings (SSSR count). The van der Waals surface area contributed by atoms with Crippen molar-refractivity contribution in [3.63, 3.8) is 0 Å². The maximum absolute atomic E-state index is 13.9. The summed E-state index contributed by atoms with van der Waals surface area (Å²) >= 11 is 0. The Bertz CT molecular complexity index is 1100. The molecule has 4 heterocycles. The summed E-state index contributed by atoms with van der Waals surface area (Å²) in [4.78, 5) is 8.64. The van der Waals surface area contributed by atoms with E-state index in [1.54, 1.807) is 28.7 Å². The number of nitrogens with zero attached hydrogens (tertiary/aromatic N) is 3. The van der Waals surface area contributed by atoms with Crippen LogP contribution in [-0.4, -0.2) is 45.6 Å². The van der Waals surface area contributed by atoms with Crippen molar-refractivity contribution in [2.24, 2.45) is 0 Å². The molecule has 158 valence electrons. The van der Waals surface area contributed by atoms with Gasteiger partial charge in [-0.25, -0.2) is 18.7 Å². The van der Waals surface area contributed by atoms with Crippen molar-refractivity contribution in [3.05, 3.63) is 48.3 Å². The van der Waals surface area contributed by atoms with Crippen molar-refractivity contribution < 1.29 is 22.0 Å². The summed E-state index contributed by atoms with van der Waals surface area (Å²) in [5.41, 5.74) is -0.215. The number of imidazole rings is 1. The third-order valence-corrected chi connectivity index (χ3v) is 5.90. The van der Waals surface area contributed by atoms with Gasteiger partial charge >= 0.3 is 6.18 Å². The van der Waals surface area contributed by atoms with Gasteiger partial charge in [-0.1, -0.05) is 12.1 Å². The summed E-state index contributed by atoms with van der Waals surface area (Å²) in [6.07, 6.45) is -1.22. The molecule has 2 N–H and O–H groups in total. The maximum atomic E-state index is 13.9. The average molecular weight is 423 g/mol. The fourth-order valence-electron chi connectivity index (χ4n) is 3.96. The molecule has 1 aliphatic carbocycles. The van der Waals surface area contributed by atoms with Crippen molar-refractivity contribution >= 4 is 11.5 Å². The van der Waals surface area contributed by atoms with Crippen LogP contribution < -0.4 is 10.6 Å². The molecule has 1 atom stereocenters. The molecule has 0 aromatic carbocycles. The Labute approximate surface area is 168 Å². The van der Waals surface area contributed by atoms with Crippen LogP contribution in [0.2, 0.25) is 0 Å². The highest BCUT2D eigenvalue weighted by molar-refractivity contribution is 5.62. The predicted octanol–water partition coefficient (Wildman–Crippen LogP) is 4.01. The van der Waals surface area contributed by atoms with E-state index in [9.17, 15) is 22.0 Å². The summed E-state index contributed by atoms with van der Waals surface area (Å²) in [6.45, 7) is -0.293. The molecule has 0 bridgehead atoms. The number of alkyl halides is 5. The molecule has 30 heavy (non-hydrogen) atoms. The highest BCUT2D eigenvalue weighted by atomic mass is 19.4. The molecular weight excluding hydrogens is 405 g/mol. The van der Waals surface area contributed by atoms with E-state index < -0.39 is 30.1 Å². The van der Waals surface area contributed by atoms with Crippen LogP contribution in [0, 0.1) is 0 Å². The van der Waals surface area contributed by atoms with Gasteiger partial charge in [0.25, 0.3) is 5.92 Å². The van der Waals surface area contributed by atoms with E-state index >= 15 is 0 Å². The zero-order valence-corrected chi connectivity index (χ0v) is 15.7. The largest absolute Gasteiger partial charge is 0.398 e. The van der Waals surface area contributed by atoms with E-state index in [0.717, 1.165) is 0 Å². The normalized spacial score (nSPS) is 22.4. The third-order valence-electron chi connectivity index (χ3n) is 5.90. The van der Waals surface area contributed by atoms with Crippen LogP contribution in [-0.2, 0) is 5.41 Å². The average Bonchev–Trinajstić information content (AvgIpc) is 3.32. The van der Waals surface area contributed by atoms with Crippen molar-refractivity contribution in [1.29, 1.82) is 0 Å². The molecule has 1 saturated carbocycles. The lowest BCUT2D eigenvalue weighted by Gasteiger charge is -2.20. The second-order valence-corrected chi connectivity index (χ2v) is 7.87. The van der Waals surface area contributed by atoms with Crippen LogP contribution in [0.25, 0.3) is 17.0 Å². The van der Waals surface area contributed by atoms with E-state index in [4.69, 9.17) is 0 Å². The zero-order chi connectivity index (χ0) is 21.1. The first-order valence-corrected chi connectivity index (χ1v) is 9.56. The molecule has 0 spiro atoms. The number of hydrogen-bond donors (Lipinski definition) is 2. The monoisotopic (exact) mass is 423 g/mol. The van der Waals surface area contributed by atoms with Crippen LogP contribution >= 0.6 is 0 Å². The second kappa shape index (κ2) is 6.37. The second-order valence-electron chi connectivity index (χ2n) is 7.87. The van der Waals surface area contributed by atoms with Gasteiger partial charge in [0.15, 0.2) is 0 Å². The van der Waals surface area contributed by atoms with Gasteiger partial charge in [0.2, 0.25) is 0 Å². The molecule has 1 saturated heterocycles. The minimum atomic E-state index is -4.32. The Morgan fingerprint density at radius 1 is 1.13 bits per heavy atom. The van der Waals surface area contributed by atoms with Gasteiger partial charge in [-0.15, -0.1) is 0 Å². The summed E-state index contributed by atoms with van der Waals surface area (Å²) in [5.74, 6) is -2.63. The SMILES string of the molecule is FC1(F)CNCC1Nc1cccc(-c2cnc3ccc(C4(C(F)(F)F)CC4)cn23)n1. The Balaban J connectivity index is 1.50. The van der Waals surface area contributed by atoms with Gasteiger partial charge in [0, 0.05) is 12.7 Å². The van der Waals surface area contributed by atoms with Gasteiger partial charge in [-0.3, -0.25) is 4.40 Å². The van der Waals surface area contributed by atoms with Crippen molar-refractivity contribution in [1.82, 2.24) is 19.7 Å². The van der Waals surface area contributed by atoms with E-state index in [1.807, 2.05) is 0 Å². The fourth-order valence-corrected chi connectivity index (χ4v) is 3.96. The van der Waals surface area contributed by atoms with Crippen LogP contribution in [0.5, 0.6) is 0 Å². The number of hydrogen-bond acceptors (Lipinski definition) is 4. The molecule has 2 fully saturated rings. The van der Waals surface area contributed by atoms with E-state index in [0.29, 0.717) is 17.0 Å². The number of rotatable bonds is 4. The van der Waals surface area contributed by atoms with Crippen molar-refractivity contribution in [3.8, 4) is 11.4 Å². The van der Waals surface area contributed by atoms with E-state index in [1.165, 1.54) is 18.5 Å². The van der Waals surface area contributed by atoms with Crippen LogP contribution in [0.15, 0.2) is 42.7 Å². The van der Waals surface area contributed by atoms with Crippen LogP contribution in [0.1, 0.15) is 18.4 Å². The van der Waals surface area contributed by atoms with E-state index in [-0.39, 0.29) is 30.8 Å². The number of halogens is 5. The standard InChI is InChI=1S/C20H18F5N5/c21-19(22)11-26-9-15(19)29-16-3-1-2-13(28-16)14-8-27-17-5-4-12(10-30(14)17)18(6-7-18)20(23,24)25/h1-5,8,10,15,26H,6-7,9,11H2,(H,28,29). The number of pyridine rings is 2. The summed E-state index contributed by atoms with van der Waals surface area (Å²) in [7, 11) is 0. The smallest absolute Gasteiger partial charge is 0.360 e. The zero-order valence-electron chi connectivity index (χ0n) is 15.7. The maximum Gasteiger partial charge on any atom is 0.398 e. The molecule has 10 heteroatoms. The Morgan fingerprint density at radius 3 is 2.60 bits per heavy atom. The van der Waals surface area contributed by atoms with Crippen molar-refractivity contribution in [2.75, 3.05) is 18.4 Å². The van der Waals surface area contributed by atoms with Crippen molar-refractivity contribution in [2.45, 2.75) is 36.4 Å². The van der Waals surface area contributed by atoms with E-state index in [2.05, 4.69) is 20.6 Å². The topological polar surface area (TPSA) is 54.2 Å².